The first-order chi connectivity index (χ1) is 10.3. The van der Waals surface area contributed by atoms with Crippen molar-refractivity contribution in [3.05, 3.63) is 41.7 Å². The number of fused-ring (bicyclic) bond motifs is 1. The van der Waals surface area contributed by atoms with E-state index < -0.39 is 11.8 Å². The van der Waals surface area contributed by atoms with Gasteiger partial charge in [-0.2, -0.15) is 9.78 Å². The molecule has 1 aromatic heterocycles. The number of aliphatic hydroxyl groups is 1. The van der Waals surface area contributed by atoms with Gasteiger partial charge < -0.3 is 10.8 Å². The molecule has 0 saturated heterocycles. The smallest absolute Gasteiger partial charge is 0.394 e. The molecule has 7 heteroatoms. The Morgan fingerprint density at radius 2 is 2.05 bits per heavy atom. The van der Waals surface area contributed by atoms with Crippen LogP contribution in [0.4, 0.5) is 13.2 Å². The molecule has 1 aliphatic rings. The molecular formula is C15H16F3N3O. The number of hydrogen-bond donors (Lipinski definition) is 2. The van der Waals surface area contributed by atoms with Crippen LogP contribution in [-0.2, 0) is 19.1 Å². The van der Waals surface area contributed by atoms with Crippen LogP contribution in [-0.4, -0.2) is 27.0 Å². The van der Waals surface area contributed by atoms with Gasteiger partial charge >= 0.3 is 6.30 Å². The predicted molar refractivity (Wildman–Crippen MR) is 75.0 cm³/mol. The van der Waals surface area contributed by atoms with Gasteiger partial charge in [-0.3, -0.25) is 0 Å². The lowest BCUT2D eigenvalue weighted by atomic mass is 9.78. The van der Waals surface area contributed by atoms with Crippen LogP contribution in [0.2, 0.25) is 0 Å². The molecule has 1 heterocycles. The molecule has 1 aliphatic carbocycles. The van der Waals surface area contributed by atoms with Gasteiger partial charge in [0.2, 0.25) is 0 Å². The quantitative estimate of drug-likeness (QED) is 0.894. The molecule has 0 saturated carbocycles. The van der Waals surface area contributed by atoms with Gasteiger partial charge in [-0.1, -0.05) is 18.2 Å². The fourth-order valence-electron chi connectivity index (χ4n) is 2.81. The fourth-order valence-corrected chi connectivity index (χ4v) is 2.81. The molecule has 1 atom stereocenters. The zero-order valence-corrected chi connectivity index (χ0v) is 11.8. The van der Waals surface area contributed by atoms with E-state index in [1.807, 2.05) is 12.1 Å². The third-order valence-electron chi connectivity index (χ3n) is 4.13. The van der Waals surface area contributed by atoms with E-state index in [2.05, 4.69) is 5.10 Å². The summed E-state index contributed by atoms with van der Waals surface area (Å²) in [6, 6.07) is 5.51. The summed E-state index contributed by atoms with van der Waals surface area (Å²) in [5.74, 6) is 0. The van der Waals surface area contributed by atoms with Gasteiger partial charge in [0.05, 0.1) is 12.8 Å². The van der Waals surface area contributed by atoms with Crippen molar-refractivity contribution < 1.29 is 18.3 Å². The summed E-state index contributed by atoms with van der Waals surface area (Å²) >= 11 is 0. The third-order valence-corrected chi connectivity index (χ3v) is 4.13. The molecule has 3 rings (SSSR count). The molecule has 0 aliphatic heterocycles. The standard InChI is InChI=1S/C15H16F3N3O/c16-15(17,18)21-8-13(7-20-21)10-1-2-12-6-14(19,9-22)4-3-11(12)5-10/h1-2,5,7-8,22H,3-4,6,9,19H2. The second kappa shape index (κ2) is 5.10. The Bertz CT molecular complexity index is 696. The average molecular weight is 311 g/mol. The number of halogens is 3. The summed E-state index contributed by atoms with van der Waals surface area (Å²) in [6.45, 7) is -0.0768. The van der Waals surface area contributed by atoms with E-state index in [9.17, 15) is 18.3 Å². The lowest BCUT2D eigenvalue weighted by molar-refractivity contribution is -0.212. The van der Waals surface area contributed by atoms with Crippen LogP contribution in [0.5, 0.6) is 0 Å². The maximum Gasteiger partial charge on any atom is 0.504 e. The molecule has 0 amide bonds. The molecule has 1 unspecified atom stereocenters. The molecular weight excluding hydrogens is 295 g/mol. The molecule has 0 bridgehead atoms. The molecule has 4 nitrogen and oxygen atoms in total. The number of hydrogen-bond acceptors (Lipinski definition) is 3. The third kappa shape index (κ3) is 2.74. The topological polar surface area (TPSA) is 64.1 Å². The van der Waals surface area contributed by atoms with E-state index in [4.69, 9.17) is 5.73 Å². The van der Waals surface area contributed by atoms with Gasteiger partial charge in [0.1, 0.15) is 0 Å². The molecule has 0 fully saturated rings. The van der Waals surface area contributed by atoms with Crippen LogP contribution in [0.15, 0.2) is 30.6 Å². The van der Waals surface area contributed by atoms with Gasteiger partial charge in [-0.05, 0) is 36.0 Å². The first kappa shape index (κ1) is 15.1. The van der Waals surface area contributed by atoms with E-state index in [0.717, 1.165) is 17.3 Å². The number of rotatable bonds is 2. The van der Waals surface area contributed by atoms with Gasteiger partial charge in [0.25, 0.3) is 0 Å². The zero-order valence-electron chi connectivity index (χ0n) is 11.8. The SMILES string of the molecule is NC1(CO)CCc2cc(-c3cnn(C(F)(F)F)c3)ccc2C1. The monoisotopic (exact) mass is 311 g/mol. The van der Waals surface area contributed by atoms with Crippen molar-refractivity contribution in [3.8, 4) is 11.1 Å². The maximum atomic E-state index is 12.6. The molecule has 22 heavy (non-hydrogen) atoms. The fraction of sp³-hybridized carbons (Fsp3) is 0.400. The Kier molecular flexibility index (Phi) is 3.49. The summed E-state index contributed by atoms with van der Waals surface area (Å²) < 4.78 is 37.7. The number of alkyl halides is 3. The number of nitrogens with zero attached hydrogens (tertiary/aromatic N) is 2. The molecule has 0 spiro atoms. The van der Waals surface area contributed by atoms with Crippen LogP contribution in [0, 0.1) is 0 Å². The Balaban J connectivity index is 1.90. The minimum Gasteiger partial charge on any atom is -0.394 e. The first-order valence-corrected chi connectivity index (χ1v) is 6.95. The first-order valence-electron chi connectivity index (χ1n) is 6.95. The van der Waals surface area contributed by atoms with E-state index in [0.29, 0.717) is 30.4 Å². The van der Waals surface area contributed by atoms with Gasteiger partial charge in [-0.25, -0.2) is 0 Å². The van der Waals surface area contributed by atoms with Crippen LogP contribution >= 0.6 is 0 Å². The highest BCUT2D eigenvalue weighted by Crippen LogP contribution is 2.31. The summed E-state index contributed by atoms with van der Waals surface area (Å²) in [7, 11) is 0. The van der Waals surface area contributed by atoms with Crippen molar-refractivity contribution in [1.82, 2.24) is 9.78 Å². The van der Waals surface area contributed by atoms with Crippen LogP contribution in [0.25, 0.3) is 11.1 Å². The summed E-state index contributed by atoms with van der Waals surface area (Å²) in [5, 5.41) is 12.7. The lowest BCUT2D eigenvalue weighted by Crippen LogP contribution is -2.48. The van der Waals surface area contributed by atoms with Crippen LogP contribution in [0.3, 0.4) is 0 Å². The summed E-state index contributed by atoms with van der Waals surface area (Å²) in [5.41, 5.74) is 8.70. The highest BCUT2D eigenvalue weighted by Gasteiger charge is 2.32. The lowest BCUT2D eigenvalue weighted by Gasteiger charge is -2.33. The molecule has 0 radical (unpaired) electrons. The number of aromatic nitrogens is 2. The van der Waals surface area contributed by atoms with Gasteiger partial charge in [-0.15, -0.1) is 13.2 Å². The molecule has 1 aromatic carbocycles. The minimum absolute atomic E-state index is 0.00154. The highest BCUT2D eigenvalue weighted by molar-refractivity contribution is 5.63. The highest BCUT2D eigenvalue weighted by atomic mass is 19.4. The van der Waals surface area contributed by atoms with Crippen molar-refractivity contribution in [3.63, 3.8) is 0 Å². The largest absolute Gasteiger partial charge is 0.504 e. The van der Waals surface area contributed by atoms with Crippen LogP contribution < -0.4 is 5.73 Å². The van der Waals surface area contributed by atoms with Gasteiger partial charge in [0.15, 0.2) is 0 Å². The predicted octanol–water partition coefficient (Wildman–Crippen LogP) is 2.20. The number of aryl methyl sites for hydroxylation is 1. The van der Waals surface area contributed by atoms with Crippen molar-refractivity contribution >= 4 is 0 Å². The van der Waals surface area contributed by atoms with E-state index in [-0.39, 0.29) is 11.3 Å². The van der Waals surface area contributed by atoms with Crippen LogP contribution in [0.1, 0.15) is 17.5 Å². The minimum atomic E-state index is -4.51. The number of aliphatic hydroxyl groups excluding tert-OH is 1. The maximum absolute atomic E-state index is 12.6. The molecule has 2 aromatic rings. The zero-order chi connectivity index (χ0) is 16.0. The molecule has 3 N–H and O–H groups in total. The van der Waals surface area contributed by atoms with Gasteiger partial charge in [0, 0.05) is 17.3 Å². The van der Waals surface area contributed by atoms with Crippen molar-refractivity contribution in [2.45, 2.75) is 31.1 Å². The normalized spacial score (nSPS) is 21.7. The van der Waals surface area contributed by atoms with Crippen molar-refractivity contribution in [2.75, 3.05) is 6.61 Å². The Morgan fingerprint density at radius 1 is 1.27 bits per heavy atom. The second-order valence-corrected chi connectivity index (χ2v) is 5.82. The van der Waals surface area contributed by atoms with Crippen molar-refractivity contribution in [2.24, 2.45) is 5.73 Å². The van der Waals surface area contributed by atoms with Crippen molar-refractivity contribution in [1.29, 1.82) is 0 Å². The summed E-state index contributed by atoms with van der Waals surface area (Å²) in [4.78, 5) is 0. The summed E-state index contributed by atoms with van der Waals surface area (Å²) in [6.07, 6.45) is -0.395. The van der Waals surface area contributed by atoms with E-state index in [1.165, 1.54) is 6.20 Å². The number of nitrogens with two attached hydrogens (primary N) is 1. The van der Waals surface area contributed by atoms with E-state index >= 15 is 0 Å². The Labute approximate surface area is 125 Å². The Morgan fingerprint density at radius 3 is 2.68 bits per heavy atom. The molecule has 118 valence electrons. The second-order valence-electron chi connectivity index (χ2n) is 5.82. The Hall–Kier alpha value is -1.86. The average Bonchev–Trinajstić information content (AvgIpc) is 2.97. The van der Waals surface area contributed by atoms with E-state index in [1.54, 1.807) is 6.07 Å². The number of benzene rings is 1.